The lowest BCUT2D eigenvalue weighted by Gasteiger charge is -2.11. The van der Waals surface area contributed by atoms with Crippen LogP contribution in [0.4, 0.5) is 5.69 Å². The van der Waals surface area contributed by atoms with Gasteiger partial charge < -0.3 is 9.47 Å². The summed E-state index contributed by atoms with van der Waals surface area (Å²) < 4.78 is 11.1. The number of nitrogens with zero attached hydrogens (tertiary/aromatic N) is 3. The van der Waals surface area contributed by atoms with E-state index in [0.717, 1.165) is 5.56 Å². The molecule has 0 unspecified atom stereocenters. The number of nitro benzene ring substituents is 1. The lowest BCUT2D eigenvalue weighted by atomic mass is 10.2. The SMILES string of the molecule is COc1cc(C=NNC(=O)c2cccnc2Cl)ccc1OCc1ccc([N+](=O)[O-])cc1. The van der Waals surface area contributed by atoms with Crippen LogP contribution in [-0.2, 0) is 6.61 Å². The van der Waals surface area contributed by atoms with Crippen LogP contribution >= 0.6 is 11.6 Å². The molecule has 0 bridgehead atoms. The first kappa shape index (κ1) is 21.7. The van der Waals surface area contributed by atoms with Crippen molar-refractivity contribution >= 4 is 29.4 Å². The Labute approximate surface area is 182 Å². The van der Waals surface area contributed by atoms with E-state index in [0.29, 0.717) is 17.1 Å². The molecule has 0 atom stereocenters. The highest BCUT2D eigenvalue weighted by molar-refractivity contribution is 6.32. The molecule has 0 saturated carbocycles. The van der Waals surface area contributed by atoms with Gasteiger partial charge in [0.1, 0.15) is 11.8 Å². The number of pyridine rings is 1. The van der Waals surface area contributed by atoms with Gasteiger partial charge in [0, 0.05) is 18.3 Å². The molecule has 3 aromatic rings. The van der Waals surface area contributed by atoms with Gasteiger partial charge in [-0.3, -0.25) is 14.9 Å². The highest BCUT2D eigenvalue weighted by Crippen LogP contribution is 2.28. The number of benzene rings is 2. The molecule has 158 valence electrons. The van der Waals surface area contributed by atoms with Crippen molar-refractivity contribution in [2.24, 2.45) is 5.10 Å². The predicted molar refractivity (Wildman–Crippen MR) is 115 cm³/mol. The number of nitro groups is 1. The molecule has 10 heteroatoms. The molecule has 3 rings (SSSR count). The number of rotatable bonds is 8. The van der Waals surface area contributed by atoms with Crippen molar-refractivity contribution in [2.45, 2.75) is 6.61 Å². The molecular formula is C21H17ClN4O5. The summed E-state index contributed by atoms with van der Waals surface area (Å²) in [6.07, 6.45) is 2.94. The summed E-state index contributed by atoms with van der Waals surface area (Å²) in [6.45, 7) is 0.212. The third kappa shape index (κ3) is 5.77. The van der Waals surface area contributed by atoms with Gasteiger partial charge in [-0.05, 0) is 53.6 Å². The Hall–Kier alpha value is -3.98. The molecule has 2 aromatic carbocycles. The maximum atomic E-state index is 12.1. The van der Waals surface area contributed by atoms with E-state index >= 15 is 0 Å². The summed E-state index contributed by atoms with van der Waals surface area (Å²) in [5, 5.41) is 14.7. The zero-order valence-electron chi connectivity index (χ0n) is 16.3. The first-order chi connectivity index (χ1) is 15.0. The largest absolute Gasteiger partial charge is 0.493 e. The van der Waals surface area contributed by atoms with E-state index in [1.807, 2.05) is 0 Å². The average molecular weight is 441 g/mol. The third-order valence-electron chi connectivity index (χ3n) is 4.11. The smallest absolute Gasteiger partial charge is 0.274 e. The summed E-state index contributed by atoms with van der Waals surface area (Å²) in [4.78, 5) is 26.2. The minimum absolute atomic E-state index is 0.0165. The van der Waals surface area contributed by atoms with E-state index in [4.69, 9.17) is 21.1 Å². The molecule has 1 aromatic heterocycles. The highest BCUT2D eigenvalue weighted by atomic mass is 35.5. The third-order valence-corrected chi connectivity index (χ3v) is 4.41. The molecule has 0 spiro atoms. The fourth-order valence-corrected chi connectivity index (χ4v) is 2.74. The van der Waals surface area contributed by atoms with E-state index < -0.39 is 10.8 Å². The molecule has 0 aliphatic carbocycles. The predicted octanol–water partition coefficient (Wildman–Crippen LogP) is 3.99. The normalized spacial score (nSPS) is 10.6. The van der Waals surface area contributed by atoms with Crippen molar-refractivity contribution in [1.29, 1.82) is 0 Å². The Bertz CT molecular complexity index is 1120. The summed E-state index contributed by atoms with van der Waals surface area (Å²) in [5.74, 6) is 0.473. The Balaban J connectivity index is 1.62. The molecule has 31 heavy (non-hydrogen) atoms. The van der Waals surface area contributed by atoms with Crippen LogP contribution in [0.2, 0.25) is 5.15 Å². The van der Waals surface area contributed by atoms with E-state index in [9.17, 15) is 14.9 Å². The second-order valence-electron chi connectivity index (χ2n) is 6.16. The van der Waals surface area contributed by atoms with E-state index in [1.165, 1.54) is 31.7 Å². The van der Waals surface area contributed by atoms with Gasteiger partial charge in [0.2, 0.25) is 0 Å². The number of hydrogen-bond acceptors (Lipinski definition) is 7. The molecule has 9 nitrogen and oxygen atoms in total. The Morgan fingerprint density at radius 3 is 2.68 bits per heavy atom. The Kier molecular flexibility index (Phi) is 7.13. The van der Waals surface area contributed by atoms with Crippen LogP contribution in [0, 0.1) is 10.1 Å². The van der Waals surface area contributed by atoms with Crippen LogP contribution in [0.1, 0.15) is 21.5 Å². The van der Waals surface area contributed by atoms with Crippen molar-refractivity contribution in [2.75, 3.05) is 7.11 Å². The molecule has 0 saturated heterocycles. The first-order valence-electron chi connectivity index (χ1n) is 8.96. The van der Waals surface area contributed by atoms with Gasteiger partial charge >= 0.3 is 0 Å². The van der Waals surface area contributed by atoms with Crippen molar-refractivity contribution in [3.8, 4) is 11.5 Å². The summed E-state index contributed by atoms with van der Waals surface area (Å²) in [6, 6.07) is 14.4. The molecular weight excluding hydrogens is 424 g/mol. The molecule has 1 heterocycles. The van der Waals surface area contributed by atoms with Gasteiger partial charge in [-0.1, -0.05) is 11.6 Å². The number of nitrogens with one attached hydrogen (secondary N) is 1. The lowest BCUT2D eigenvalue weighted by Crippen LogP contribution is -2.18. The van der Waals surface area contributed by atoms with Crippen LogP contribution < -0.4 is 14.9 Å². The number of aromatic nitrogens is 1. The minimum atomic E-state index is -0.482. The van der Waals surface area contributed by atoms with Gasteiger partial charge in [-0.15, -0.1) is 0 Å². The average Bonchev–Trinajstić information content (AvgIpc) is 2.78. The van der Waals surface area contributed by atoms with Gasteiger partial charge in [-0.25, -0.2) is 10.4 Å². The minimum Gasteiger partial charge on any atom is -0.493 e. The highest BCUT2D eigenvalue weighted by Gasteiger charge is 2.10. The van der Waals surface area contributed by atoms with Gasteiger partial charge in [0.25, 0.3) is 11.6 Å². The van der Waals surface area contributed by atoms with E-state index in [2.05, 4.69) is 15.5 Å². The number of hydrazone groups is 1. The van der Waals surface area contributed by atoms with E-state index in [1.54, 1.807) is 42.5 Å². The number of halogens is 1. The maximum absolute atomic E-state index is 12.1. The second kappa shape index (κ2) is 10.2. The fraction of sp³-hybridized carbons (Fsp3) is 0.0952. The van der Waals surface area contributed by atoms with Crippen LogP contribution in [0.15, 0.2) is 65.9 Å². The number of carbonyl (C=O) groups excluding carboxylic acids is 1. The van der Waals surface area contributed by atoms with Gasteiger partial charge in [-0.2, -0.15) is 5.10 Å². The quantitative estimate of drug-likeness (QED) is 0.245. The summed E-state index contributed by atoms with van der Waals surface area (Å²) in [7, 11) is 1.50. The summed E-state index contributed by atoms with van der Waals surface area (Å²) in [5.41, 5.74) is 4.06. The Morgan fingerprint density at radius 1 is 1.23 bits per heavy atom. The fourth-order valence-electron chi connectivity index (χ4n) is 2.54. The molecule has 1 amide bonds. The number of amides is 1. The second-order valence-corrected chi connectivity index (χ2v) is 6.52. The standard InChI is InChI=1S/C21H17ClN4O5/c1-30-19-11-15(12-24-25-21(27)17-3-2-10-23-20(17)22)6-9-18(19)31-13-14-4-7-16(8-5-14)26(28)29/h2-12H,13H2,1H3,(H,25,27). The molecule has 0 aliphatic heterocycles. The lowest BCUT2D eigenvalue weighted by molar-refractivity contribution is -0.384. The first-order valence-corrected chi connectivity index (χ1v) is 9.34. The van der Waals surface area contributed by atoms with Crippen LogP contribution in [0.25, 0.3) is 0 Å². The number of non-ortho nitro benzene ring substituents is 1. The number of methoxy groups -OCH3 is 1. The number of carbonyl (C=O) groups is 1. The maximum Gasteiger partial charge on any atom is 0.274 e. The molecule has 0 radical (unpaired) electrons. The van der Waals surface area contributed by atoms with Gasteiger partial charge in [0.15, 0.2) is 11.5 Å². The van der Waals surface area contributed by atoms with Crippen LogP contribution in [-0.4, -0.2) is 29.1 Å². The zero-order valence-corrected chi connectivity index (χ0v) is 17.1. The molecule has 0 fully saturated rings. The number of ether oxygens (including phenoxy) is 2. The molecule has 0 aliphatic rings. The van der Waals surface area contributed by atoms with E-state index in [-0.39, 0.29) is 23.0 Å². The monoisotopic (exact) mass is 440 g/mol. The van der Waals surface area contributed by atoms with Crippen molar-refractivity contribution in [3.05, 3.63) is 92.8 Å². The van der Waals surface area contributed by atoms with Gasteiger partial charge in [0.05, 0.1) is 23.8 Å². The molecule has 1 N–H and O–H groups in total. The van der Waals surface area contributed by atoms with Crippen molar-refractivity contribution in [1.82, 2.24) is 10.4 Å². The van der Waals surface area contributed by atoms with Crippen molar-refractivity contribution < 1.29 is 19.2 Å². The summed E-state index contributed by atoms with van der Waals surface area (Å²) >= 11 is 5.88. The topological polar surface area (TPSA) is 116 Å². The number of hydrogen-bond donors (Lipinski definition) is 1. The van der Waals surface area contributed by atoms with Crippen LogP contribution in [0.5, 0.6) is 11.5 Å². The Morgan fingerprint density at radius 2 is 2.00 bits per heavy atom. The zero-order chi connectivity index (χ0) is 22.2. The van der Waals surface area contributed by atoms with Crippen molar-refractivity contribution in [3.63, 3.8) is 0 Å². The van der Waals surface area contributed by atoms with Crippen LogP contribution in [0.3, 0.4) is 0 Å².